The van der Waals surface area contributed by atoms with E-state index in [1.165, 1.54) is 6.26 Å². The van der Waals surface area contributed by atoms with E-state index in [0.717, 1.165) is 22.9 Å². The lowest BCUT2D eigenvalue weighted by molar-refractivity contribution is -0.0271. The van der Waals surface area contributed by atoms with Crippen molar-refractivity contribution in [1.29, 1.82) is 0 Å². The van der Waals surface area contributed by atoms with Crippen LogP contribution in [0.5, 0.6) is 11.5 Å². The smallest absolute Gasteiger partial charge is 0.275 e. The number of likely N-dealkylation sites (tertiary alicyclic amines) is 1. The molecule has 0 saturated carbocycles. The van der Waals surface area contributed by atoms with E-state index in [1.807, 2.05) is 43.3 Å². The number of piperidine rings is 1. The van der Waals surface area contributed by atoms with Crippen LogP contribution in [-0.4, -0.2) is 46.7 Å². The van der Waals surface area contributed by atoms with Crippen LogP contribution in [0.2, 0.25) is 0 Å². The Morgan fingerprint density at radius 2 is 2.00 bits per heavy atom. The van der Waals surface area contributed by atoms with Crippen molar-refractivity contribution in [2.24, 2.45) is 0 Å². The van der Waals surface area contributed by atoms with Gasteiger partial charge in [-0.25, -0.2) is 4.98 Å². The van der Waals surface area contributed by atoms with Crippen molar-refractivity contribution in [1.82, 2.24) is 9.88 Å². The summed E-state index contributed by atoms with van der Waals surface area (Å²) in [5.41, 5.74) is -0.584. The van der Waals surface area contributed by atoms with Gasteiger partial charge < -0.3 is 23.9 Å². The standard InChI is InChI=1S/C23H26N2O5/c1-3-23(27)9-4-10-25(15-23)22(26)20-13-30-21(24-20)14-29-19-8-6-16-5-7-18(28-2)11-17(16)12-19/h5-8,11-13,27H,3-4,9-10,14-15H2,1-2H3. The minimum Gasteiger partial charge on any atom is -0.497 e. The number of hydrogen-bond acceptors (Lipinski definition) is 6. The number of β-amino-alcohol motifs (C(OH)–C–C–N with tert-alkyl or cyclic N) is 1. The third-order valence-corrected chi connectivity index (χ3v) is 5.65. The number of nitrogens with zero attached hydrogens (tertiary/aromatic N) is 2. The fourth-order valence-electron chi connectivity index (χ4n) is 3.78. The number of carbonyl (C=O) groups excluding carboxylic acids is 1. The zero-order valence-electron chi connectivity index (χ0n) is 17.3. The molecule has 1 atom stereocenters. The monoisotopic (exact) mass is 410 g/mol. The summed E-state index contributed by atoms with van der Waals surface area (Å²) in [4.78, 5) is 18.7. The lowest BCUT2D eigenvalue weighted by Crippen LogP contribution is -2.50. The molecule has 1 aliphatic rings. The summed E-state index contributed by atoms with van der Waals surface area (Å²) in [5, 5.41) is 12.6. The van der Waals surface area contributed by atoms with Gasteiger partial charge in [-0.1, -0.05) is 19.1 Å². The number of oxazole rings is 1. The zero-order chi connectivity index (χ0) is 21.1. The molecule has 158 valence electrons. The summed E-state index contributed by atoms with van der Waals surface area (Å²) in [6.45, 7) is 2.98. The van der Waals surface area contributed by atoms with E-state index in [9.17, 15) is 9.90 Å². The highest BCUT2D eigenvalue weighted by atomic mass is 16.5. The van der Waals surface area contributed by atoms with E-state index in [1.54, 1.807) is 12.0 Å². The summed E-state index contributed by atoms with van der Waals surface area (Å²) < 4.78 is 16.5. The number of fused-ring (bicyclic) bond motifs is 1. The van der Waals surface area contributed by atoms with E-state index in [2.05, 4.69) is 4.98 Å². The normalized spacial score (nSPS) is 19.1. The van der Waals surface area contributed by atoms with Crippen molar-refractivity contribution in [2.45, 2.75) is 38.4 Å². The number of methoxy groups -OCH3 is 1. The predicted octanol–water partition coefficient (Wildman–Crippen LogP) is 3.79. The first-order valence-electron chi connectivity index (χ1n) is 10.2. The molecule has 3 aromatic rings. The van der Waals surface area contributed by atoms with Gasteiger partial charge in [-0.15, -0.1) is 0 Å². The second kappa shape index (κ2) is 8.36. The van der Waals surface area contributed by atoms with Crippen LogP contribution in [0, 0.1) is 0 Å². The fraction of sp³-hybridized carbons (Fsp3) is 0.391. The zero-order valence-corrected chi connectivity index (χ0v) is 17.3. The van der Waals surface area contributed by atoms with Crippen LogP contribution in [0.25, 0.3) is 10.8 Å². The summed E-state index contributed by atoms with van der Waals surface area (Å²) >= 11 is 0. The first kappa shape index (κ1) is 20.2. The first-order valence-corrected chi connectivity index (χ1v) is 10.2. The SMILES string of the molecule is CCC1(O)CCCN(C(=O)c2coc(COc3ccc4ccc(OC)cc4c3)n2)C1. The highest BCUT2D eigenvalue weighted by molar-refractivity contribution is 5.92. The lowest BCUT2D eigenvalue weighted by Gasteiger charge is -2.38. The molecule has 1 aliphatic heterocycles. The van der Waals surface area contributed by atoms with Crippen molar-refractivity contribution >= 4 is 16.7 Å². The van der Waals surface area contributed by atoms with Crippen LogP contribution in [0.1, 0.15) is 42.6 Å². The number of amides is 1. The Morgan fingerprint density at radius 1 is 1.23 bits per heavy atom. The molecule has 7 heteroatoms. The maximum Gasteiger partial charge on any atom is 0.275 e. The molecule has 1 N–H and O–H groups in total. The van der Waals surface area contributed by atoms with E-state index in [4.69, 9.17) is 13.9 Å². The van der Waals surface area contributed by atoms with Crippen LogP contribution >= 0.6 is 0 Å². The number of aromatic nitrogens is 1. The third kappa shape index (κ3) is 4.26. The summed E-state index contributed by atoms with van der Waals surface area (Å²) in [5.74, 6) is 1.55. The van der Waals surface area contributed by atoms with Crippen molar-refractivity contribution in [3.05, 3.63) is 54.2 Å². The van der Waals surface area contributed by atoms with Gasteiger partial charge >= 0.3 is 0 Å². The van der Waals surface area contributed by atoms with Gasteiger partial charge in [-0.2, -0.15) is 0 Å². The average Bonchev–Trinajstić information content (AvgIpc) is 3.25. The van der Waals surface area contributed by atoms with Crippen LogP contribution in [0.3, 0.4) is 0 Å². The largest absolute Gasteiger partial charge is 0.497 e. The summed E-state index contributed by atoms with van der Waals surface area (Å²) in [7, 11) is 1.63. The quantitative estimate of drug-likeness (QED) is 0.665. The van der Waals surface area contributed by atoms with E-state index >= 15 is 0 Å². The van der Waals surface area contributed by atoms with Gasteiger partial charge in [0.05, 0.1) is 12.7 Å². The maximum atomic E-state index is 12.7. The second-order valence-corrected chi connectivity index (χ2v) is 7.70. The minimum absolute atomic E-state index is 0.113. The molecule has 0 spiro atoms. The highest BCUT2D eigenvalue weighted by Gasteiger charge is 2.34. The van der Waals surface area contributed by atoms with E-state index in [-0.39, 0.29) is 18.2 Å². The molecule has 0 bridgehead atoms. The number of benzene rings is 2. The average molecular weight is 410 g/mol. The first-order chi connectivity index (χ1) is 14.5. The van der Waals surface area contributed by atoms with E-state index in [0.29, 0.717) is 37.6 Å². The summed E-state index contributed by atoms with van der Waals surface area (Å²) in [6.07, 6.45) is 3.46. The lowest BCUT2D eigenvalue weighted by atomic mass is 9.90. The van der Waals surface area contributed by atoms with Gasteiger partial charge in [0.25, 0.3) is 5.91 Å². The van der Waals surface area contributed by atoms with Crippen molar-refractivity contribution in [3.8, 4) is 11.5 Å². The minimum atomic E-state index is -0.817. The molecule has 1 amide bonds. The van der Waals surface area contributed by atoms with Crippen LogP contribution in [0.4, 0.5) is 0 Å². The Balaban J connectivity index is 1.41. The van der Waals surface area contributed by atoms with Crippen LogP contribution in [0.15, 0.2) is 47.1 Å². The Morgan fingerprint density at radius 3 is 2.77 bits per heavy atom. The van der Waals surface area contributed by atoms with Gasteiger partial charge in [-0.05, 0) is 54.3 Å². The molecule has 0 radical (unpaired) electrons. The Kier molecular flexibility index (Phi) is 5.63. The molecule has 1 fully saturated rings. The van der Waals surface area contributed by atoms with Crippen molar-refractivity contribution < 1.29 is 23.8 Å². The molecule has 1 saturated heterocycles. The molecule has 2 heterocycles. The highest BCUT2D eigenvalue weighted by Crippen LogP contribution is 2.27. The van der Waals surface area contributed by atoms with Gasteiger partial charge in [-0.3, -0.25) is 4.79 Å². The molecule has 1 aromatic heterocycles. The maximum absolute atomic E-state index is 12.7. The molecule has 7 nitrogen and oxygen atoms in total. The topological polar surface area (TPSA) is 85.0 Å². The van der Waals surface area contributed by atoms with Crippen molar-refractivity contribution in [3.63, 3.8) is 0 Å². The number of carbonyl (C=O) groups is 1. The second-order valence-electron chi connectivity index (χ2n) is 7.70. The van der Waals surface area contributed by atoms with Gasteiger partial charge in [0.1, 0.15) is 17.8 Å². The molecule has 30 heavy (non-hydrogen) atoms. The van der Waals surface area contributed by atoms with Gasteiger partial charge in [0, 0.05) is 13.1 Å². The molecular formula is C23H26N2O5. The predicted molar refractivity (Wildman–Crippen MR) is 112 cm³/mol. The molecule has 2 aromatic carbocycles. The Labute approximate surface area is 175 Å². The molecular weight excluding hydrogens is 384 g/mol. The van der Waals surface area contributed by atoms with Gasteiger partial charge in [0.15, 0.2) is 12.3 Å². The van der Waals surface area contributed by atoms with Crippen LogP contribution < -0.4 is 9.47 Å². The Bertz CT molecular complexity index is 1050. The van der Waals surface area contributed by atoms with Crippen LogP contribution in [-0.2, 0) is 6.61 Å². The Hall–Kier alpha value is -3.06. The number of ether oxygens (including phenoxy) is 2. The number of hydrogen-bond donors (Lipinski definition) is 1. The molecule has 0 aliphatic carbocycles. The molecule has 4 rings (SSSR count). The number of aliphatic hydroxyl groups is 1. The summed E-state index contributed by atoms with van der Waals surface area (Å²) in [6, 6.07) is 11.6. The third-order valence-electron chi connectivity index (χ3n) is 5.65. The van der Waals surface area contributed by atoms with Gasteiger partial charge in [0.2, 0.25) is 5.89 Å². The fourth-order valence-corrected chi connectivity index (χ4v) is 3.78. The van der Waals surface area contributed by atoms with Crippen molar-refractivity contribution in [2.75, 3.05) is 20.2 Å². The molecule has 1 unspecified atom stereocenters. The van der Waals surface area contributed by atoms with E-state index < -0.39 is 5.60 Å². The number of rotatable bonds is 6.